The summed E-state index contributed by atoms with van der Waals surface area (Å²) in [5, 5.41) is 0. The summed E-state index contributed by atoms with van der Waals surface area (Å²) in [5.41, 5.74) is 12.2. The van der Waals surface area contributed by atoms with E-state index < -0.39 is 0 Å². The van der Waals surface area contributed by atoms with Crippen molar-refractivity contribution in [2.45, 2.75) is 70.8 Å². The second kappa shape index (κ2) is 8.19. The van der Waals surface area contributed by atoms with Crippen molar-refractivity contribution in [2.75, 3.05) is 0 Å². The summed E-state index contributed by atoms with van der Waals surface area (Å²) in [6, 6.07) is 18.9. The lowest BCUT2D eigenvalue weighted by atomic mass is 9.72. The summed E-state index contributed by atoms with van der Waals surface area (Å²) in [6.07, 6.45) is 9.13. The molecule has 4 rings (SSSR count). The Hall–Kier alpha value is -1.60. The standard InChI is InChI=1S/C26H35N/c1-18-9-11-21(12-10-18)23-15-24(14-20-6-3-5-19(2)13-20)26(17-23)22-7-4-8-25(27)16-22/h3,5-6,9-13,22-26H,4,7-8,14-17,27H2,1-2H3. The first-order valence-corrected chi connectivity index (χ1v) is 11.0. The van der Waals surface area contributed by atoms with E-state index in [0.717, 1.165) is 23.7 Å². The van der Waals surface area contributed by atoms with Gasteiger partial charge in [0.15, 0.2) is 0 Å². The smallest absolute Gasteiger partial charge is 0.00415 e. The SMILES string of the molecule is Cc1ccc(C2CC(Cc3cccc(C)c3)C(C3CCCC(N)C3)C2)cc1. The lowest BCUT2D eigenvalue weighted by Crippen LogP contribution is -2.33. The topological polar surface area (TPSA) is 26.0 Å². The lowest BCUT2D eigenvalue weighted by molar-refractivity contribution is 0.187. The molecule has 0 spiro atoms. The molecule has 2 aromatic carbocycles. The Balaban J connectivity index is 1.55. The zero-order valence-corrected chi connectivity index (χ0v) is 17.0. The third-order valence-corrected chi connectivity index (χ3v) is 7.24. The first-order valence-electron chi connectivity index (χ1n) is 11.0. The molecule has 2 N–H and O–H groups in total. The van der Waals surface area contributed by atoms with Gasteiger partial charge in [0.05, 0.1) is 0 Å². The van der Waals surface area contributed by atoms with Crippen LogP contribution in [0.3, 0.4) is 0 Å². The summed E-state index contributed by atoms with van der Waals surface area (Å²) in [6.45, 7) is 4.40. The summed E-state index contributed by atoms with van der Waals surface area (Å²) in [5.74, 6) is 3.19. The normalized spacial score (nSPS) is 31.1. The molecule has 0 amide bonds. The van der Waals surface area contributed by atoms with Gasteiger partial charge in [0, 0.05) is 6.04 Å². The Kier molecular flexibility index (Phi) is 5.68. The summed E-state index contributed by atoms with van der Waals surface area (Å²) in [4.78, 5) is 0. The van der Waals surface area contributed by atoms with Gasteiger partial charge in [-0.25, -0.2) is 0 Å². The van der Waals surface area contributed by atoms with Gasteiger partial charge in [-0.1, -0.05) is 72.5 Å². The molecule has 2 aliphatic rings. The molecule has 1 heteroatoms. The summed E-state index contributed by atoms with van der Waals surface area (Å²) < 4.78 is 0. The number of nitrogens with two attached hydrogens (primary N) is 1. The Labute approximate surface area is 165 Å². The predicted molar refractivity (Wildman–Crippen MR) is 115 cm³/mol. The number of hydrogen-bond acceptors (Lipinski definition) is 1. The minimum absolute atomic E-state index is 0.432. The van der Waals surface area contributed by atoms with Gasteiger partial charge in [0.2, 0.25) is 0 Å². The van der Waals surface area contributed by atoms with Gasteiger partial charge in [-0.05, 0) is 80.8 Å². The zero-order chi connectivity index (χ0) is 18.8. The largest absolute Gasteiger partial charge is 0.328 e. The first kappa shape index (κ1) is 18.7. The fourth-order valence-electron chi connectivity index (χ4n) is 5.88. The quantitative estimate of drug-likeness (QED) is 0.692. The average Bonchev–Trinajstić information content (AvgIpc) is 3.06. The van der Waals surface area contributed by atoms with Crippen LogP contribution in [0.5, 0.6) is 0 Å². The Morgan fingerprint density at radius 1 is 0.889 bits per heavy atom. The monoisotopic (exact) mass is 361 g/mol. The molecule has 2 aromatic rings. The molecule has 144 valence electrons. The van der Waals surface area contributed by atoms with Crippen LogP contribution in [-0.4, -0.2) is 6.04 Å². The molecule has 0 heterocycles. The van der Waals surface area contributed by atoms with E-state index in [1.165, 1.54) is 61.6 Å². The Morgan fingerprint density at radius 2 is 1.70 bits per heavy atom. The molecule has 2 saturated carbocycles. The van der Waals surface area contributed by atoms with Crippen LogP contribution in [0.2, 0.25) is 0 Å². The van der Waals surface area contributed by atoms with Gasteiger partial charge in [0.25, 0.3) is 0 Å². The third kappa shape index (κ3) is 4.46. The van der Waals surface area contributed by atoms with E-state index in [-0.39, 0.29) is 0 Å². The van der Waals surface area contributed by atoms with Crippen molar-refractivity contribution in [3.05, 3.63) is 70.8 Å². The fourth-order valence-corrected chi connectivity index (χ4v) is 5.88. The molecule has 5 atom stereocenters. The molecule has 0 bridgehead atoms. The Bertz CT molecular complexity index is 747. The van der Waals surface area contributed by atoms with Gasteiger partial charge >= 0.3 is 0 Å². The van der Waals surface area contributed by atoms with E-state index in [1.54, 1.807) is 5.56 Å². The van der Waals surface area contributed by atoms with E-state index >= 15 is 0 Å². The number of aryl methyl sites for hydroxylation is 2. The molecular formula is C26H35N. The van der Waals surface area contributed by atoms with Crippen molar-refractivity contribution in [1.29, 1.82) is 0 Å². The molecule has 27 heavy (non-hydrogen) atoms. The number of benzene rings is 2. The zero-order valence-electron chi connectivity index (χ0n) is 17.0. The molecule has 2 aliphatic carbocycles. The van der Waals surface area contributed by atoms with Crippen LogP contribution in [0.15, 0.2) is 48.5 Å². The minimum Gasteiger partial charge on any atom is -0.328 e. The molecule has 1 nitrogen and oxygen atoms in total. The summed E-state index contributed by atoms with van der Waals surface area (Å²) in [7, 11) is 0. The van der Waals surface area contributed by atoms with Crippen molar-refractivity contribution >= 4 is 0 Å². The van der Waals surface area contributed by atoms with Crippen LogP contribution in [0.25, 0.3) is 0 Å². The van der Waals surface area contributed by atoms with E-state index in [2.05, 4.69) is 62.4 Å². The van der Waals surface area contributed by atoms with Crippen LogP contribution in [0.4, 0.5) is 0 Å². The van der Waals surface area contributed by atoms with Crippen LogP contribution in [0, 0.1) is 31.6 Å². The lowest BCUT2D eigenvalue weighted by Gasteiger charge is -2.34. The summed E-state index contributed by atoms with van der Waals surface area (Å²) >= 11 is 0. The predicted octanol–water partition coefficient (Wildman–Crippen LogP) is 6.17. The van der Waals surface area contributed by atoms with Gasteiger partial charge in [0.1, 0.15) is 0 Å². The van der Waals surface area contributed by atoms with Crippen LogP contribution >= 0.6 is 0 Å². The number of rotatable bonds is 4. The average molecular weight is 362 g/mol. The molecule has 0 saturated heterocycles. The highest BCUT2D eigenvalue weighted by Gasteiger charge is 2.40. The van der Waals surface area contributed by atoms with Gasteiger partial charge in [-0.15, -0.1) is 0 Å². The maximum atomic E-state index is 6.37. The highest BCUT2D eigenvalue weighted by molar-refractivity contribution is 5.27. The van der Waals surface area contributed by atoms with E-state index in [4.69, 9.17) is 5.73 Å². The minimum atomic E-state index is 0.432. The molecule has 0 radical (unpaired) electrons. The van der Waals surface area contributed by atoms with Crippen molar-refractivity contribution < 1.29 is 0 Å². The molecular weight excluding hydrogens is 326 g/mol. The molecule has 0 aliphatic heterocycles. The maximum absolute atomic E-state index is 6.37. The van der Waals surface area contributed by atoms with Crippen LogP contribution in [0.1, 0.15) is 66.7 Å². The highest BCUT2D eigenvalue weighted by atomic mass is 14.6. The van der Waals surface area contributed by atoms with Crippen molar-refractivity contribution in [1.82, 2.24) is 0 Å². The van der Waals surface area contributed by atoms with Gasteiger partial charge in [-0.3, -0.25) is 0 Å². The molecule has 0 aromatic heterocycles. The van der Waals surface area contributed by atoms with Crippen LogP contribution < -0.4 is 5.73 Å². The van der Waals surface area contributed by atoms with Gasteiger partial charge in [-0.2, -0.15) is 0 Å². The van der Waals surface area contributed by atoms with Crippen molar-refractivity contribution in [3.8, 4) is 0 Å². The third-order valence-electron chi connectivity index (χ3n) is 7.24. The number of hydrogen-bond donors (Lipinski definition) is 1. The van der Waals surface area contributed by atoms with Gasteiger partial charge < -0.3 is 5.73 Å². The fraction of sp³-hybridized carbons (Fsp3) is 0.538. The second-order valence-corrected chi connectivity index (χ2v) is 9.38. The van der Waals surface area contributed by atoms with E-state index in [1.807, 2.05) is 0 Å². The van der Waals surface area contributed by atoms with Crippen molar-refractivity contribution in [3.63, 3.8) is 0 Å². The highest BCUT2D eigenvalue weighted by Crippen LogP contribution is 2.50. The van der Waals surface area contributed by atoms with Crippen molar-refractivity contribution in [2.24, 2.45) is 23.5 Å². The second-order valence-electron chi connectivity index (χ2n) is 9.38. The maximum Gasteiger partial charge on any atom is 0.00415 e. The Morgan fingerprint density at radius 3 is 2.44 bits per heavy atom. The van der Waals surface area contributed by atoms with E-state index in [0.29, 0.717) is 6.04 Å². The molecule has 5 unspecified atom stereocenters. The van der Waals surface area contributed by atoms with Crippen LogP contribution in [-0.2, 0) is 6.42 Å². The van der Waals surface area contributed by atoms with E-state index in [9.17, 15) is 0 Å². The first-order chi connectivity index (χ1) is 13.1. The molecule has 2 fully saturated rings.